The minimum Gasteiger partial charge on any atom is -0.365 e. The van der Waals surface area contributed by atoms with E-state index in [2.05, 4.69) is 5.32 Å². The van der Waals surface area contributed by atoms with Crippen molar-refractivity contribution in [1.82, 2.24) is 0 Å². The molecule has 4 nitrogen and oxygen atoms in total. The van der Waals surface area contributed by atoms with Crippen LogP contribution in [0.15, 0.2) is 29.2 Å². The van der Waals surface area contributed by atoms with E-state index in [4.69, 9.17) is 17.3 Å². The summed E-state index contributed by atoms with van der Waals surface area (Å²) < 4.78 is 0. The third-order valence-corrected chi connectivity index (χ3v) is 6.34. The average Bonchev–Trinajstić information content (AvgIpc) is 3.06. The van der Waals surface area contributed by atoms with Gasteiger partial charge < -0.3 is 11.1 Å². The Morgan fingerprint density at radius 2 is 2.09 bits per heavy atom. The highest BCUT2D eigenvalue weighted by Crippen LogP contribution is 2.39. The van der Waals surface area contributed by atoms with E-state index >= 15 is 0 Å². The number of primary amides is 1. The largest absolute Gasteiger partial charge is 0.365 e. The SMILES string of the molecule is NC(=O)c1c(NC(=O)CSc2ccccc2Cl)sc2c1CCC2. The molecule has 0 atom stereocenters. The van der Waals surface area contributed by atoms with E-state index in [1.54, 1.807) is 6.07 Å². The lowest BCUT2D eigenvalue weighted by atomic mass is 10.1. The van der Waals surface area contributed by atoms with Gasteiger partial charge >= 0.3 is 0 Å². The van der Waals surface area contributed by atoms with Crippen molar-refractivity contribution in [2.24, 2.45) is 5.73 Å². The molecule has 0 saturated heterocycles. The van der Waals surface area contributed by atoms with Crippen LogP contribution >= 0.6 is 34.7 Å². The van der Waals surface area contributed by atoms with Crippen LogP contribution in [0.1, 0.15) is 27.2 Å². The maximum atomic E-state index is 12.2. The summed E-state index contributed by atoms with van der Waals surface area (Å²) in [5.74, 6) is -0.416. The van der Waals surface area contributed by atoms with Gasteiger partial charge in [0, 0.05) is 9.77 Å². The number of thiophene rings is 1. The van der Waals surface area contributed by atoms with Crippen LogP contribution in [-0.4, -0.2) is 17.6 Å². The summed E-state index contributed by atoms with van der Waals surface area (Å²) in [5, 5.41) is 4.03. The van der Waals surface area contributed by atoms with Crippen molar-refractivity contribution in [2.75, 3.05) is 11.1 Å². The number of thioether (sulfide) groups is 1. The number of anilines is 1. The number of hydrogen-bond donors (Lipinski definition) is 2. The summed E-state index contributed by atoms with van der Waals surface area (Å²) in [6, 6.07) is 7.38. The number of aryl methyl sites for hydroxylation is 1. The van der Waals surface area contributed by atoms with Gasteiger partial charge in [-0.1, -0.05) is 23.7 Å². The van der Waals surface area contributed by atoms with Crippen molar-refractivity contribution in [1.29, 1.82) is 0 Å². The molecule has 0 bridgehead atoms. The molecule has 120 valence electrons. The molecular formula is C16H15ClN2O2S2. The van der Waals surface area contributed by atoms with Gasteiger partial charge in [-0.05, 0) is 37.0 Å². The summed E-state index contributed by atoms with van der Waals surface area (Å²) in [6.45, 7) is 0. The number of fused-ring (bicyclic) bond motifs is 1. The molecule has 1 aromatic heterocycles. The Labute approximate surface area is 147 Å². The molecular weight excluding hydrogens is 352 g/mol. The Balaban J connectivity index is 1.69. The molecule has 23 heavy (non-hydrogen) atoms. The number of carbonyl (C=O) groups excluding carboxylic acids is 2. The Morgan fingerprint density at radius 1 is 1.30 bits per heavy atom. The number of amides is 2. The topological polar surface area (TPSA) is 72.2 Å². The lowest BCUT2D eigenvalue weighted by molar-refractivity contribution is -0.113. The van der Waals surface area contributed by atoms with Crippen LogP contribution in [0.5, 0.6) is 0 Å². The zero-order chi connectivity index (χ0) is 16.4. The highest BCUT2D eigenvalue weighted by atomic mass is 35.5. The van der Waals surface area contributed by atoms with E-state index in [1.165, 1.54) is 23.1 Å². The summed E-state index contributed by atoms with van der Waals surface area (Å²) in [4.78, 5) is 25.9. The van der Waals surface area contributed by atoms with Crippen LogP contribution in [0.4, 0.5) is 5.00 Å². The third-order valence-electron chi connectivity index (χ3n) is 3.62. The fourth-order valence-corrected chi connectivity index (χ4v) is 4.97. The van der Waals surface area contributed by atoms with Gasteiger partial charge in [0.15, 0.2) is 0 Å². The summed E-state index contributed by atoms with van der Waals surface area (Å²) in [7, 11) is 0. The molecule has 3 N–H and O–H groups in total. The number of benzene rings is 1. The maximum absolute atomic E-state index is 12.2. The third kappa shape index (κ3) is 3.54. The smallest absolute Gasteiger partial charge is 0.251 e. The quantitative estimate of drug-likeness (QED) is 0.792. The van der Waals surface area contributed by atoms with E-state index in [1.807, 2.05) is 18.2 Å². The summed E-state index contributed by atoms with van der Waals surface area (Å²) in [5.41, 5.74) is 6.98. The van der Waals surface area contributed by atoms with Crippen LogP contribution in [-0.2, 0) is 17.6 Å². The van der Waals surface area contributed by atoms with Crippen molar-refractivity contribution in [2.45, 2.75) is 24.2 Å². The lowest BCUT2D eigenvalue weighted by Crippen LogP contribution is -2.18. The second-order valence-electron chi connectivity index (χ2n) is 5.19. The van der Waals surface area contributed by atoms with E-state index in [-0.39, 0.29) is 11.7 Å². The Morgan fingerprint density at radius 3 is 2.83 bits per heavy atom. The summed E-state index contributed by atoms with van der Waals surface area (Å²) in [6.07, 6.45) is 2.84. The normalized spacial score (nSPS) is 12.9. The monoisotopic (exact) mass is 366 g/mol. The van der Waals surface area contributed by atoms with Crippen LogP contribution < -0.4 is 11.1 Å². The van der Waals surface area contributed by atoms with Crippen molar-refractivity contribution < 1.29 is 9.59 Å². The zero-order valence-corrected chi connectivity index (χ0v) is 14.6. The fraction of sp³-hybridized carbons (Fsp3) is 0.250. The summed E-state index contributed by atoms with van der Waals surface area (Å²) >= 11 is 8.90. The average molecular weight is 367 g/mol. The van der Waals surface area contributed by atoms with Gasteiger partial charge in [0.05, 0.1) is 16.3 Å². The number of nitrogens with one attached hydrogen (secondary N) is 1. The molecule has 0 saturated carbocycles. The number of hydrogen-bond acceptors (Lipinski definition) is 4. The van der Waals surface area contributed by atoms with Crippen molar-refractivity contribution >= 4 is 51.5 Å². The predicted molar refractivity (Wildman–Crippen MR) is 95.7 cm³/mol. The van der Waals surface area contributed by atoms with Gasteiger partial charge in [-0.2, -0.15) is 0 Å². The Hall–Kier alpha value is -1.50. The molecule has 1 heterocycles. The molecule has 7 heteroatoms. The first-order valence-corrected chi connectivity index (χ1v) is 9.36. The molecule has 0 aliphatic heterocycles. The van der Waals surface area contributed by atoms with E-state index in [0.29, 0.717) is 15.6 Å². The zero-order valence-electron chi connectivity index (χ0n) is 12.2. The van der Waals surface area contributed by atoms with Gasteiger partial charge in [0.2, 0.25) is 5.91 Å². The van der Waals surface area contributed by atoms with Gasteiger partial charge in [-0.25, -0.2) is 0 Å². The maximum Gasteiger partial charge on any atom is 0.251 e. The first kappa shape index (κ1) is 16.4. The van der Waals surface area contributed by atoms with Gasteiger partial charge in [-0.15, -0.1) is 23.1 Å². The van der Waals surface area contributed by atoms with Gasteiger partial charge in [-0.3, -0.25) is 9.59 Å². The van der Waals surface area contributed by atoms with E-state index in [9.17, 15) is 9.59 Å². The van der Waals surface area contributed by atoms with Crippen LogP contribution in [0.2, 0.25) is 5.02 Å². The second-order valence-corrected chi connectivity index (χ2v) is 7.72. The molecule has 2 aromatic rings. The predicted octanol–water partition coefficient (Wildman–Crippen LogP) is 3.72. The molecule has 0 unspecified atom stereocenters. The van der Waals surface area contributed by atoms with Gasteiger partial charge in [0.25, 0.3) is 5.91 Å². The minimum atomic E-state index is -0.474. The molecule has 0 fully saturated rings. The Bertz CT molecular complexity index is 773. The lowest BCUT2D eigenvalue weighted by Gasteiger charge is -2.06. The number of carbonyl (C=O) groups is 2. The molecule has 3 rings (SSSR count). The van der Waals surface area contributed by atoms with Gasteiger partial charge in [0.1, 0.15) is 5.00 Å². The standard InChI is InChI=1S/C16H15ClN2O2S2/c17-10-5-1-2-6-12(10)22-8-13(20)19-16-14(15(18)21)9-4-3-7-11(9)23-16/h1-2,5-6H,3-4,7-8H2,(H2,18,21)(H,19,20). The van der Waals surface area contributed by atoms with Crippen LogP contribution in [0.25, 0.3) is 0 Å². The number of nitrogens with two attached hydrogens (primary N) is 1. The van der Waals surface area contributed by atoms with Crippen molar-refractivity contribution in [3.05, 3.63) is 45.3 Å². The first-order chi connectivity index (χ1) is 11.1. The van der Waals surface area contributed by atoms with Crippen molar-refractivity contribution in [3.8, 4) is 0 Å². The highest BCUT2D eigenvalue weighted by Gasteiger charge is 2.26. The molecule has 2 amide bonds. The molecule has 0 radical (unpaired) electrons. The Kier molecular flexibility index (Phi) is 4.94. The number of rotatable bonds is 5. The minimum absolute atomic E-state index is 0.169. The molecule has 1 aliphatic rings. The number of halogens is 1. The molecule has 0 spiro atoms. The fourth-order valence-electron chi connectivity index (χ4n) is 2.62. The molecule has 1 aliphatic carbocycles. The van der Waals surface area contributed by atoms with Crippen molar-refractivity contribution in [3.63, 3.8) is 0 Å². The van der Waals surface area contributed by atoms with E-state index < -0.39 is 5.91 Å². The highest BCUT2D eigenvalue weighted by molar-refractivity contribution is 8.00. The van der Waals surface area contributed by atoms with Crippen LogP contribution in [0.3, 0.4) is 0 Å². The molecule has 1 aromatic carbocycles. The second kappa shape index (κ2) is 6.95. The van der Waals surface area contributed by atoms with Crippen LogP contribution in [0, 0.1) is 0 Å². The first-order valence-electron chi connectivity index (χ1n) is 7.17. The van der Waals surface area contributed by atoms with E-state index in [0.717, 1.165) is 34.6 Å².